The van der Waals surface area contributed by atoms with E-state index >= 15 is 0 Å². The summed E-state index contributed by atoms with van der Waals surface area (Å²) < 4.78 is 22.7. The summed E-state index contributed by atoms with van der Waals surface area (Å²) in [6.45, 7) is 4.61. The monoisotopic (exact) mass is 1090 g/mol. The van der Waals surface area contributed by atoms with Crippen LogP contribution in [0.1, 0.15) is 251 Å². The van der Waals surface area contributed by atoms with Crippen molar-refractivity contribution in [3.63, 3.8) is 0 Å². The van der Waals surface area contributed by atoms with Crippen LogP contribution in [-0.4, -0.2) is 82.3 Å². The Morgan fingerprint density at radius 2 is 0.731 bits per heavy atom. The van der Waals surface area contributed by atoms with Gasteiger partial charge in [-0.3, -0.25) is 9.59 Å². The molecule has 0 aliphatic heterocycles. The minimum absolute atomic E-state index is 0.143. The Kier molecular flexibility index (Phi) is 56.0. The lowest BCUT2D eigenvalue weighted by Gasteiger charge is -2.26. The Morgan fingerprint density at radius 1 is 0.397 bits per heavy atom. The molecule has 2 atom stereocenters. The number of carbonyl (C=O) groups excluding carboxylic acids is 3. The Balaban J connectivity index is 4.08. The fraction of sp³-hybridized carbons (Fsp3) is 0.696. The molecule has 0 aromatic rings. The van der Waals surface area contributed by atoms with E-state index in [-0.39, 0.29) is 38.6 Å². The van der Waals surface area contributed by atoms with Gasteiger partial charge in [-0.1, -0.05) is 245 Å². The fourth-order valence-corrected chi connectivity index (χ4v) is 8.43. The van der Waals surface area contributed by atoms with Crippen molar-refractivity contribution in [3.8, 4) is 0 Å². The van der Waals surface area contributed by atoms with Crippen LogP contribution in [0.5, 0.6) is 0 Å². The molecule has 0 rings (SSSR count). The molecule has 0 aliphatic carbocycles. The second-order valence-electron chi connectivity index (χ2n) is 22.0. The number of likely N-dealkylation sites (N-methyl/N-ethyl adjacent to an activating group) is 1. The van der Waals surface area contributed by atoms with Gasteiger partial charge in [0.25, 0.3) is 0 Å². The van der Waals surface area contributed by atoms with Gasteiger partial charge in [0.15, 0.2) is 12.4 Å². The zero-order valence-corrected chi connectivity index (χ0v) is 50.8. The van der Waals surface area contributed by atoms with Gasteiger partial charge >= 0.3 is 11.9 Å². The van der Waals surface area contributed by atoms with Crippen LogP contribution >= 0.6 is 0 Å². The molecule has 0 N–H and O–H groups in total. The van der Waals surface area contributed by atoms with E-state index < -0.39 is 24.3 Å². The molecule has 0 heterocycles. The number of allylic oxidation sites excluding steroid dienone is 18. The molecule has 0 radical (unpaired) electrons. The van der Waals surface area contributed by atoms with Crippen LogP contribution in [0.3, 0.4) is 0 Å². The normalized spacial score (nSPS) is 13.5. The number of aliphatic carboxylic acids is 1. The smallest absolute Gasteiger partial charge is 0.306 e. The molecule has 0 saturated carbocycles. The number of hydrogen-bond donors (Lipinski definition) is 0. The molecule has 0 aromatic carbocycles. The van der Waals surface area contributed by atoms with Crippen molar-refractivity contribution in [2.24, 2.45) is 0 Å². The van der Waals surface area contributed by atoms with Crippen LogP contribution in [0.2, 0.25) is 0 Å². The van der Waals surface area contributed by atoms with E-state index in [9.17, 15) is 19.5 Å². The van der Waals surface area contributed by atoms with Gasteiger partial charge in [0.1, 0.15) is 13.2 Å². The molecule has 0 saturated heterocycles. The van der Waals surface area contributed by atoms with Crippen LogP contribution in [0.4, 0.5) is 0 Å². The molecule has 0 spiro atoms. The summed E-state index contributed by atoms with van der Waals surface area (Å²) >= 11 is 0. The van der Waals surface area contributed by atoms with Crippen LogP contribution in [0.15, 0.2) is 109 Å². The van der Waals surface area contributed by atoms with Crippen LogP contribution in [0.25, 0.3) is 0 Å². The van der Waals surface area contributed by atoms with E-state index in [1.54, 1.807) is 0 Å². The maximum atomic E-state index is 12.9. The van der Waals surface area contributed by atoms with E-state index in [0.29, 0.717) is 17.4 Å². The summed E-state index contributed by atoms with van der Waals surface area (Å²) in [5.74, 6) is -2.30. The third kappa shape index (κ3) is 59.6. The summed E-state index contributed by atoms with van der Waals surface area (Å²) in [6, 6.07) is 0. The highest BCUT2D eigenvalue weighted by Gasteiger charge is 2.22. The van der Waals surface area contributed by atoms with Gasteiger partial charge in [-0.2, -0.15) is 0 Å². The molecule has 446 valence electrons. The van der Waals surface area contributed by atoms with Crippen molar-refractivity contribution < 1.29 is 42.9 Å². The lowest BCUT2D eigenvalue weighted by Crippen LogP contribution is -2.44. The maximum Gasteiger partial charge on any atom is 0.306 e. The molecule has 0 fully saturated rings. The first kappa shape index (κ1) is 74.0. The van der Waals surface area contributed by atoms with Gasteiger partial charge in [0.05, 0.1) is 40.3 Å². The first-order chi connectivity index (χ1) is 38.1. The highest BCUT2D eigenvalue weighted by Crippen LogP contribution is 2.16. The zero-order chi connectivity index (χ0) is 56.9. The Labute approximate surface area is 479 Å². The summed E-state index contributed by atoms with van der Waals surface area (Å²) in [5.41, 5.74) is 0. The number of quaternary nitrogens is 1. The average Bonchev–Trinajstić information content (AvgIpc) is 3.41. The van der Waals surface area contributed by atoms with Gasteiger partial charge in [-0.05, 0) is 103 Å². The fourth-order valence-electron chi connectivity index (χ4n) is 8.43. The first-order valence-corrected chi connectivity index (χ1v) is 31.5. The molecule has 0 bridgehead atoms. The molecule has 0 amide bonds. The number of carboxylic acids is 1. The predicted molar refractivity (Wildman–Crippen MR) is 329 cm³/mol. The average molecular weight is 1090 g/mol. The van der Waals surface area contributed by atoms with Gasteiger partial charge in [0, 0.05) is 12.8 Å². The summed E-state index contributed by atoms with van der Waals surface area (Å²) in [6.07, 6.45) is 78.7. The molecular weight excluding hydrogens is 971 g/mol. The number of rotatable bonds is 57. The number of nitrogens with zero attached hydrogens (tertiary/aromatic N) is 1. The van der Waals surface area contributed by atoms with Crippen LogP contribution in [0, 0.1) is 0 Å². The standard InChI is InChI=1S/C69H117NO8/c1-6-8-10-12-14-16-18-20-22-23-24-25-26-27-28-29-30-31-32-33-34-35-36-37-38-39-40-41-42-43-44-45-46-48-50-52-54-56-58-60-67(72)78-65(64-77-69(68(73)74)75-62-61-70(3,4)5)63-76-66(71)59-57-55-53-51-49-47-21-19-17-15-13-11-9-7-2/h8,10,14,16,19-22,24-25,27-28,30-31,33-34,36-37,65,69H,6-7,9,11-13,15,17-18,23,26,29,32,35,38-64H2,1-5H3/b10-8-,16-14-,21-19-,22-20-,25-24-,28-27-,31-30-,34-33-,37-36-. The number of carbonyl (C=O) groups is 3. The molecule has 2 unspecified atom stereocenters. The second-order valence-corrected chi connectivity index (χ2v) is 22.0. The largest absolute Gasteiger partial charge is 0.545 e. The summed E-state index contributed by atoms with van der Waals surface area (Å²) in [5, 5.41) is 11.8. The molecule has 78 heavy (non-hydrogen) atoms. The van der Waals surface area contributed by atoms with E-state index in [1.165, 1.54) is 109 Å². The molecule has 9 nitrogen and oxygen atoms in total. The van der Waals surface area contributed by atoms with E-state index in [1.807, 2.05) is 21.1 Å². The van der Waals surface area contributed by atoms with E-state index in [0.717, 1.165) is 109 Å². The minimum atomic E-state index is -1.63. The number of carboxylic acid groups (broad SMARTS) is 1. The summed E-state index contributed by atoms with van der Waals surface area (Å²) in [7, 11) is 5.92. The van der Waals surface area contributed by atoms with Gasteiger partial charge in [-0.15, -0.1) is 0 Å². The first-order valence-electron chi connectivity index (χ1n) is 31.5. The third-order valence-corrected chi connectivity index (χ3v) is 13.3. The number of unbranched alkanes of at least 4 members (excludes halogenated alkanes) is 24. The van der Waals surface area contributed by atoms with E-state index in [4.69, 9.17) is 18.9 Å². The van der Waals surface area contributed by atoms with Crippen molar-refractivity contribution in [2.45, 2.75) is 264 Å². The Hall–Kier alpha value is -4.05. The molecule has 0 aromatic heterocycles. The predicted octanol–water partition coefficient (Wildman–Crippen LogP) is 17.7. The number of esters is 2. The van der Waals surface area contributed by atoms with Crippen molar-refractivity contribution >= 4 is 17.9 Å². The quantitative estimate of drug-likeness (QED) is 0.0195. The topological polar surface area (TPSA) is 111 Å². The van der Waals surface area contributed by atoms with Crippen molar-refractivity contribution in [1.82, 2.24) is 0 Å². The van der Waals surface area contributed by atoms with Gasteiger partial charge in [-0.25, -0.2) is 0 Å². The Morgan fingerprint density at radius 3 is 1.10 bits per heavy atom. The van der Waals surface area contributed by atoms with E-state index in [2.05, 4.69) is 123 Å². The lowest BCUT2D eigenvalue weighted by molar-refractivity contribution is -0.870. The number of hydrogen-bond acceptors (Lipinski definition) is 8. The van der Waals surface area contributed by atoms with Crippen molar-refractivity contribution in [3.05, 3.63) is 109 Å². The zero-order valence-electron chi connectivity index (χ0n) is 50.8. The van der Waals surface area contributed by atoms with Gasteiger partial charge < -0.3 is 33.3 Å². The minimum Gasteiger partial charge on any atom is -0.545 e. The molecule has 9 heteroatoms. The van der Waals surface area contributed by atoms with Crippen LogP contribution < -0.4 is 5.11 Å². The van der Waals surface area contributed by atoms with Crippen molar-refractivity contribution in [1.29, 1.82) is 0 Å². The van der Waals surface area contributed by atoms with Crippen molar-refractivity contribution in [2.75, 3.05) is 47.5 Å². The highest BCUT2D eigenvalue weighted by molar-refractivity contribution is 5.70. The highest BCUT2D eigenvalue weighted by atomic mass is 16.7. The third-order valence-electron chi connectivity index (χ3n) is 13.3. The molecular formula is C69H117NO8. The molecule has 0 aliphatic rings. The van der Waals surface area contributed by atoms with Crippen LogP contribution in [-0.2, 0) is 33.3 Å². The second kappa shape index (κ2) is 59.1. The summed E-state index contributed by atoms with van der Waals surface area (Å²) in [4.78, 5) is 37.3. The van der Waals surface area contributed by atoms with Gasteiger partial charge in [0.2, 0.25) is 0 Å². The number of ether oxygens (including phenoxy) is 4. The lowest BCUT2D eigenvalue weighted by atomic mass is 10.0. The SMILES string of the molecule is CC/C=C\C/C=C\C/C=C\C/C=C\C/C=C\C/C=C\C/C=C\C/C=C\CCCCCCCCCCCCCCCCC(=O)OC(COC(=O)CCCCCCC/C=C\CCCCCCC)COC(OCC[N+](C)(C)C)C(=O)[O-]. The Bertz CT molecular complexity index is 1640. The maximum absolute atomic E-state index is 12.9.